The molecule has 18 heavy (non-hydrogen) atoms. The molecule has 0 aliphatic carbocycles. The van der Waals surface area contributed by atoms with Gasteiger partial charge in [0, 0.05) is 16.5 Å². The van der Waals surface area contributed by atoms with Crippen LogP contribution in [0.15, 0.2) is 23.2 Å². The van der Waals surface area contributed by atoms with E-state index in [-0.39, 0.29) is 5.54 Å². The maximum absolute atomic E-state index is 6.12. The van der Waals surface area contributed by atoms with E-state index in [1.165, 1.54) is 0 Å². The number of halogens is 1. The third-order valence-electron chi connectivity index (χ3n) is 3.56. The number of aryl methyl sites for hydroxylation is 1. The molecule has 1 aliphatic heterocycles. The van der Waals surface area contributed by atoms with Crippen LogP contribution in [-0.2, 0) is 0 Å². The van der Waals surface area contributed by atoms with Gasteiger partial charge in [0.25, 0.3) is 0 Å². The van der Waals surface area contributed by atoms with Crippen LogP contribution in [0, 0.1) is 6.92 Å². The lowest BCUT2D eigenvalue weighted by molar-refractivity contribution is 0.456. The van der Waals surface area contributed by atoms with Crippen molar-refractivity contribution in [2.75, 3.05) is 11.1 Å². The Kier molecular flexibility index (Phi) is 4.23. The highest BCUT2D eigenvalue weighted by molar-refractivity contribution is 8.14. The number of hydrogen-bond acceptors (Lipinski definition) is 3. The van der Waals surface area contributed by atoms with E-state index in [9.17, 15) is 0 Å². The lowest BCUT2D eigenvalue weighted by atomic mass is 9.97. The molecule has 0 saturated carbocycles. The van der Waals surface area contributed by atoms with Crippen molar-refractivity contribution < 1.29 is 0 Å². The van der Waals surface area contributed by atoms with Gasteiger partial charge in [-0.1, -0.05) is 43.3 Å². The third-order valence-corrected chi connectivity index (χ3v) is 5.11. The van der Waals surface area contributed by atoms with Crippen molar-refractivity contribution in [1.82, 2.24) is 0 Å². The van der Waals surface area contributed by atoms with Crippen molar-refractivity contribution in [3.63, 3.8) is 0 Å². The summed E-state index contributed by atoms with van der Waals surface area (Å²) in [6.45, 7) is 6.42. The van der Waals surface area contributed by atoms with Crippen LogP contribution in [0.3, 0.4) is 0 Å². The van der Waals surface area contributed by atoms with Crippen molar-refractivity contribution in [3.8, 4) is 0 Å². The zero-order valence-corrected chi connectivity index (χ0v) is 12.7. The Balaban J connectivity index is 2.13. The second-order valence-electron chi connectivity index (χ2n) is 4.73. The molecule has 1 heterocycles. The summed E-state index contributed by atoms with van der Waals surface area (Å²) in [6.07, 6.45) is 2.19. The number of thioether (sulfide) groups is 1. The first-order chi connectivity index (χ1) is 8.58. The van der Waals surface area contributed by atoms with E-state index >= 15 is 0 Å². The minimum absolute atomic E-state index is 0.126. The predicted molar refractivity (Wildman–Crippen MR) is 83.0 cm³/mol. The molecule has 98 valence electrons. The molecule has 0 amide bonds. The Morgan fingerprint density at radius 2 is 2.11 bits per heavy atom. The van der Waals surface area contributed by atoms with E-state index < -0.39 is 0 Å². The van der Waals surface area contributed by atoms with Gasteiger partial charge in [-0.25, -0.2) is 0 Å². The lowest BCUT2D eigenvalue weighted by Gasteiger charge is -2.20. The molecular weight excluding hydrogens is 264 g/mol. The van der Waals surface area contributed by atoms with E-state index in [4.69, 9.17) is 16.6 Å². The highest BCUT2D eigenvalue weighted by atomic mass is 35.5. The van der Waals surface area contributed by atoms with E-state index in [0.29, 0.717) is 0 Å². The molecule has 0 bridgehead atoms. The summed E-state index contributed by atoms with van der Waals surface area (Å²) < 4.78 is 0. The van der Waals surface area contributed by atoms with Crippen molar-refractivity contribution in [2.45, 2.75) is 39.2 Å². The molecule has 1 aliphatic rings. The Morgan fingerprint density at radius 1 is 1.39 bits per heavy atom. The van der Waals surface area contributed by atoms with Gasteiger partial charge in [-0.3, -0.25) is 4.99 Å². The summed E-state index contributed by atoms with van der Waals surface area (Å²) in [5.41, 5.74) is 2.24. The summed E-state index contributed by atoms with van der Waals surface area (Å²) in [5, 5.41) is 5.17. The van der Waals surface area contributed by atoms with Gasteiger partial charge in [0.15, 0.2) is 5.17 Å². The van der Waals surface area contributed by atoms with Crippen molar-refractivity contribution in [2.24, 2.45) is 4.99 Å². The number of benzene rings is 1. The molecule has 0 fully saturated rings. The van der Waals surface area contributed by atoms with Crippen LogP contribution in [0.5, 0.6) is 0 Å². The van der Waals surface area contributed by atoms with Crippen LogP contribution in [0.25, 0.3) is 0 Å². The Morgan fingerprint density at radius 3 is 2.67 bits per heavy atom. The monoisotopic (exact) mass is 282 g/mol. The van der Waals surface area contributed by atoms with Crippen LogP contribution < -0.4 is 5.32 Å². The molecule has 1 aromatic carbocycles. The van der Waals surface area contributed by atoms with Crippen LogP contribution in [0.2, 0.25) is 5.02 Å². The average molecular weight is 283 g/mol. The van der Waals surface area contributed by atoms with Crippen molar-refractivity contribution in [3.05, 3.63) is 28.8 Å². The topological polar surface area (TPSA) is 24.4 Å². The maximum Gasteiger partial charge on any atom is 0.161 e. The average Bonchev–Trinajstić information content (AvgIpc) is 2.78. The van der Waals surface area contributed by atoms with Gasteiger partial charge >= 0.3 is 0 Å². The summed E-state index contributed by atoms with van der Waals surface area (Å²) in [4.78, 5) is 4.83. The maximum atomic E-state index is 6.12. The number of nitrogens with zero attached hydrogens (tertiary/aromatic N) is 1. The van der Waals surface area contributed by atoms with E-state index in [1.807, 2.05) is 25.1 Å². The van der Waals surface area contributed by atoms with Crippen molar-refractivity contribution in [1.29, 1.82) is 0 Å². The normalized spacial score (nSPS) is 17.7. The SMILES string of the molecule is CCC1(CC)CSC(Nc2ccc(C)c(Cl)c2)=N1. The Labute approximate surface area is 118 Å². The van der Waals surface area contributed by atoms with E-state index in [2.05, 4.69) is 19.2 Å². The van der Waals surface area contributed by atoms with Gasteiger partial charge in [-0.05, 0) is 37.5 Å². The summed E-state index contributed by atoms with van der Waals surface area (Å²) in [6, 6.07) is 6.03. The molecule has 1 N–H and O–H groups in total. The van der Waals surface area contributed by atoms with Crippen molar-refractivity contribution >= 4 is 34.2 Å². The number of rotatable bonds is 3. The highest BCUT2D eigenvalue weighted by Crippen LogP contribution is 2.34. The van der Waals surface area contributed by atoms with Crippen LogP contribution in [-0.4, -0.2) is 16.5 Å². The molecule has 4 heteroatoms. The molecular formula is C14H19ClN2S. The highest BCUT2D eigenvalue weighted by Gasteiger charge is 2.32. The van der Waals surface area contributed by atoms with Crippen LogP contribution in [0.4, 0.5) is 5.69 Å². The quantitative estimate of drug-likeness (QED) is 0.867. The van der Waals surface area contributed by atoms with Gasteiger partial charge in [-0.15, -0.1) is 0 Å². The first kappa shape index (κ1) is 13.8. The zero-order chi connectivity index (χ0) is 13.2. The molecule has 2 nitrogen and oxygen atoms in total. The molecule has 0 atom stereocenters. The number of amidine groups is 1. The Bertz CT molecular complexity index is 467. The molecule has 1 aromatic rings. The largest absolute Gasteiger partial charge is 0.335 e. The number of anilines is 1. The van der Waals surface area contributed by atoms with Gasteiger partial charge in [0.2, 0.25) is 0 Å². The zero-order valence-electron chi connectivity index (χ0n) is 11.1. The summed E-state index contributed by atoms with van der Waals surface area (Å²) in [7, 11) is 0. The number of hydrogen-bond donors (Lipinski definition) is 1. The van der Waals surface area contributed by atoms with Gasteiger partial charge < -0.3 is 5.32 Å². The molecule has 0 spiro atoms. The van der Waals surface area contributed by atoms with Gasteiger partial charge in [0.05, 0.1) is 5.54 Å². The van der Waals surface area contributed by atoms with Crippen LogP contribution in [0.1, 0.15) is 32.3 Å². The lowest BCUT2D eigenvalue weighted by Crippen LogP contribution is -2.24. The Hall–Kier alpha value is -0.670. The fourth-order valence-corrected chi connectivity index (χ4v) is 3.46. The number of nitrogens with one attached hydrogen (secondary N) is 1. The van der Waals surface area contributed by atoms with Gasteiger partial charge in [-0.2, -0.15) is 0 Å². The fraction of sp³-hybridized carbons (Fsp3) is 0.500. The first-order valence-corrected chi connectivity index (χ1v) is 7.71. The summed E-state index contributed by atoms with van der Waals surface area (Å²) >= 11 is 7.92. The van der Waals surface area contributed by atoms with E-state index in [0.717, 1.165) is 40.0 Å². The van der Waals surface area contributed by atoms with Crippen LogP contribution >= 0.6 is 23.4 Å². The molecule has 2 rings (SSSR count). The van der Waals surface area contributed by atoms with E-state index in [1.54, 1.807) is 11.8 Å². The second-order valence-corrected chi connectivity index (χ2v) is 6.10. The fourth-order valence-electron chi connectivity index (χ4n) is 1.95. The molecule has 0 radical (unpaired) electrons. The molecule has 0 saturated heterocycles. The van der Waals surface area contributed by atoms with Gasteiger partial charge in [0.1, 0.15) is 0 Å². The minimum Gasteiger partial charge on any atom is -0.335 e. The molecule has 0 aromatic heterocycles. The standard InChI is InChI=1S/C14H19ClN2S/c1-4-14(5-2)9-18-13(17-14)16-11-7-6-10(3)12(15)8-11/h6-8H,4-5,9H2,1-3H3,(H,16,17). The second kappa shape index (κ2) is 5.54. The third kappa shape index (κ3) is 2.83. The first-order valence-electron chi connectivity index (χ1n) is 6.34. The minimum atomic E-state index is 0.126. The molecule has 0 unspecified atom stereocenters. The smallest absolute Gasteiger partial charge is 0.161 e. The summed E-state index contributed by atoms with van der Waals surface area (Å²) in [5.74, 6) is 1.07. The predicted octanol–water partition coefficient (Wildman–Crippen LogP) is 4.72. The number of aliphatic imine (C=N–C) groups is 1.